The number of hydrogen-bond donors (Lipinski definition) is 1. The molecular weight excluding hydrogens is 236 g/mol. The molecule has 0 aromatic heterocycles. The molecule has 1 aliphatic heterocycles. The van der Waals surface area contributed by atoms with E-state index in [0.29, 0.717) is 18.2 Å². The molecule has 0 aliphatic carbocycles. The Morgan fingerprint density at radius 3 is 2.63 bits per heavy atom. The van der Waals surface area contributed by atoms with Gasteiger partial charge in [0.15, 0.2) is 0 Å². The highest BCUT2D eigenvalue weighted by atomic mass is 16.5. The van der Waals surface area contributed by atoms with Gasteiger partial charge in [0.25, 0.3) is 0 Å². The van der Waals surface area contributed by atoms with Crippen molar-refractivity contribution in [3.63, 3.8) is 0 Å². The molecule has 3 nitrogen and oxygen atoms in total. The second kappa shape index (κ2) is 9.73. The van der Waals surface area contributed by atoms with Crippen LogP contribution < -0.4 is 5.32 Å². The number of ether oxygens (including phenoxy) is 1. The molecule has 1 fully saturated rings. The fraction of sp³-hybridized carbons (Fsp3) is 1.00. The quantitative estimate of drug-likeness (QED) is 0.697. The summed E-state index contributed by atoms with van der Waals surface area (Å²) < 4.78 is 5.92. The molecule has 0 radical (unpaired) electrons. The predicted octanol–water partition coefficient (Wildman–Crippen LogP) is 3.04. The van der Waals surface area contributed by atoms with Gasteiger partial charge in [-0.25, -0.2) is 0 Å². The molecule has 2 atom stereocenters. The molecule has 1 heterocycles. The summed E-state index contributed by atoms with van der Waals surface area (Å²) in [6.45, 7) is 13.4. The van der Waals surface area contributed by atoms with Gasteiger partial charge >= 0.3 is 0 Å². The second-order valence-electron chi connectivity index (χ2n) is 5.90. The van der Waals surface area contributed by atoms with Crippen molar-refractivity contribution >= 4 is 0 Å². The minimum atomic E-state index is 0.462. The van der Waals surface area contributed by atoms with Crippen molar-refractivity contribution in [2.24, 2.45) is 0 Å². The van der Waals surface area contributed by atoms with Crippen LogP contribution in [0.4, 0.5) is 0 Å². The zero-order valence-electron chi connectivity index (χ0n) is 13.5. The normalized spacial score (nSPS) is 22.9. The van der Waals surface area contributed by atoms with Gasteiger partial charge in [-0.05, 0) is 45.6 Å². The van der Waals surface area contributed by atoms with Gasteiger partial charge in [-0.2, -0.15) is 0 Å². The van der Waals surface area contributed by atoms with Crippen LogP contribution in [-0.4, -0.2) is 49.3 Å². The number of hydrogen-bond acceptors (Lipinski definition) is 3. The topological polar surface area (TPSA) is 24.5 Å². The van der Waals surface area contributed by atoms with E-state index in [9.17, 15) is 0 Å². The molecule has 0 aromatic rings. The first-order valence-corrected chi connectivity index (χ1v) is 8.30. The van der Waals surface area contributed by atoms with E-state index < -0.39 is 0 Å². The molecule has 19 heavy (non-hydrogen) atoms. The van der Waals surface area contributed by atoms with Crippen molar-refractivity contribution in [1.82, 2.24) is 10.2 Å². The van der Waals surface area contributed by atoms with E-state index in [2.05, 4.69) is 37.9 Å². The maximum Gasteiger partial charge on any atom is 0.0702 e. The molecule has 1 rings (SSSR count). The molecule has 2 unspecified atom stereocenters. The fourth-order valence-electron chi connectivity index (χ4n) is 2.83. The maximum atomic E-state index is 5.92. The minimum Gasteiger partial charge on any atom is -0.377 e. The SMILES string of the molecule is CCCOC1CCCN(C(C)CNC(CC)CC)C1. The Kier molecular flexibility index (Phi) is 8.67. The lowest BCUT2D eigenvalue weighted by Crippen LogP contribution is -2.49. The van der Waals surface area contributed by atoms with Gasteiger partial charge in [-0.1, -0.05) is 20.8 Å². The third kappa shape index (κ3) is 6.24. The molecule has 1 N–H and O–H groups in total. The number of nitrogens with zero attached hydrogens (tertiary/aromatic N) is 1. The first kappa shape index (κ1) is 16.9. The first-order valence-electron chi connectivity index (χ1n) is 8.30. The summed E-state index contributed by atoms with van der Waals surface area (Å²) in [6.07, 6.45) is 6.57. The van der Waals surface area contributed by atoms with Gasteiger partial charge in [-0.3, -0.25) is 4.90 Å². The molecule has 0 bridgehead atoms. The Balaban J connectivity index is 2.28. The summed E-state index contributed by atoms with van der Waals surface area (Å²) in [5.74, 6) is 0. The van der Waals surface area contributed by atoms with E-state index >= 15 is 0 Å². The Labute approximate surface area is 120 Å². The summed E-state index contributed by atoms with van der Waals surface area (Å²) in [4.78, 5) is 2.60. The van der Waals surface area contributed by atoms with Crippen molar-refractivity contribution in [3.8, 4) is 0 Å². The zero-order chi connectivity index (χ0) is 14.1. The molecule has 3 heteroatoms. The summed E-state index contributed by atoms with van der Waals surface area (Å²) in [5.41, 5.74) is 0. The molecular formula is C16H34N2O. The summed E-state index contributed by atoms with van der Waals surface area (Å²) in [7, 11) is 0. The lowest BCUT2D eigenvalue weighted by molar-refractivity contribution is -0.0104. The summed E-state index contributed by atoms with van der Waals surface area (Å²) in [6, 6.07) is 1.30. The van der Waals surface area contributed by atoms with Crippen LogP contribution in [0, 0.1) is 0 Å². The van der Waals surface area contributed by atoms with Crippen LogP contribution in [0.5, 0.6) is 0 Å². The third-order valence-electron chi connectivity index (χ3n) is 4.28. The molecule has 0 aromatic carbocycles. The van der Waals surface area contributed by atoms with Crippen LogP contribution in [-0.2, 0) is 4.74 Å². The fourth-order valence-corrected chi connectivity index (χ4v) is 2.83. The van der Waals surface area contributed by atoms with Gasteiger partial charge < -0.3 is 10.1 Å². The lowest BCUT2D eigenvalue weighted by Gasteiger charge is -2.37. The van der Waals surface area contributed by atoms with Crippen LogP contribution in [0.15, 0.2) is 0 Å². The van der Waals surface area contributed by atoms with Crippen molar-refractivity contribution in [3.05, 3.63) is 0 Å². The smallest absolute Gasteiger partial charge is 0.0702 e. The average molecular weight is 270 g/mol. The van der Waals surface area contributed by atoms with Gasteiger partial charge in [0.1, 0.15) is 0 Å². The van der Waals surface area contributed by atoms with E-state index in [1.807, 2.05) is 0 Å². The van der Waals surface area contributed by atoms with Gasteiger partial charge in [0, 0.05) is 31.8 Å². The highest BCUT2D eigenvalue weighted by Gasteiger charge is 2.23. The van der Waals surface area contributed by atoms with Crippen molar-refractivity contribution in [2.45, 2.75) is 78.0 Å². The molecule has 0 saturated carbocycles. The van der Waals surface area contributed by atoms with Gasteiger partial charge in [0.05, 0.1) is 6.10 Å². The number of piperidine rings is 1. The minimum absolute atomic E-state index is 0.462. The second-order valence-corrected chi connectivity index (χ2v) is 5.90. The van der Waals surface area contributed by atoms with Crippen LogP contribution in [0.2, 0.25) is 0 Å². The monoisotopic (exact) mass is 270 g/mol. The summed E-state index contributed by atoms with van der Waals surface area (Å²) >= 11 is 0. The van der Waals surface area contributed by atoms with Gasteiger partial charge in [-0.15, -0.1) is 0 Å². The van der Waals surface area contributed by atoms with E-state index in [-0.39, 0.29) is 0 Å². The van der Waals surface area contributed by atoms with Crippen molar-refractivity contribution < 1.29 is 4.74 Å². The number of nitrogens with one attached hydrogen (secondary N) is 1. The molecule has 114 valence electrons. The average Bonchev–Trinajstić information content (AvgIpc) is 2.46. The Hall–Kier alpha value is -0.120. The summed E-state index contributed by atoms with van der Waals surface area (Å²) in [5, 5.41) is 3.69. The van der Waals surface area contributed by atoms with Gasteiger partial charge in [0.2, 0.25) is 0 Å². The lowest BCUT2D eigenvalue weighted by atomic mass is 10.1. The van der Waals surface area contributed by atoms with Crippen LogP contribution in [0.25, 0.3) is 0 Å². The Morgan fingerprint density at radius 2 is 2.00 bits per heavy atom. The Morgan fingerprint density at radius 1 is 1.26 bits per heavy atom. The highest BCUT2D eigenvalue weighted by molar-refractivity contribution is 4.79. The van der Waals surface area contributed by atoms with E-state index in [0.717, 1.165) is 26.1 Å². The third-order valence-corrected chi connectivity index (χ3v) is 4.28. The van der Waals surface area contributed by atoms with E-state index in [1.165, 1.54) is 32.2 Å². The number of likely N-dealkylation sites (tertiary alicyclic amines) is 1. The molecule has 0 amide bonds. The number of rotatable bonds is 9. The van der Waals surface area contributed by atoms with E-state index in [4.69, 9.17) is 4.74 Å². The van der Waals surface area contributed by atoms with Crippen LogP contribution >= 0.6 is 0 Å². The first-order chi connectivity index (χ1) is 9.21. The Bertz CT molecular complexity index is 219. The van der Waals surface area contributed by atoms with Crippen molar-refractivity contribution in [1.29, 1.82) is 0 Å². The molecule has 1 aliphatic rings. The highest BCUT2D eigenvalue weighted by Crippen LogP contribution is 2.16. The standard InChI is InChI=1S/C16H34N2O/c1-5-11-19-16-9-8-10-18(13-16)14(4)12-17-15(6-2)7-3/h14-17H,5-13H2,1-4H3. The largest absolute Gasteiger partial charge is 0.377 e. The maximum absolute atomic E-state index is 5.92. The van der Waals surface area contributed by atoms with Crippen LogP contribution in [0.3, 0.4) is 0 Å². The van der Waals surface area contributed by atoms with Crippen LogP contribution in [0.1, 0.15) is 59.8 Å². The predicted molar refractivity (Wildman–Crippen MR) is 82.7 cm³/mol. The molecule has 0 spiro atoms. The van der Waals surface area contributed by atoms with Crippen molar-refractivity contribution in [2.75, 3.05) is 26.2 Å². The zero-order valence-corrected chi connectivity index (χ0v) is 13.5. The molecule has 1 saturated heterocycles. The van der Waals surface area contributed by atoms with E-state index in [1.54, 1.807) is 0 Å².